The van der Waals surface area contributed by atoms with Crippen LogP contribution in [0.25, 0.3) is 0 Å². The normalized spacial score (nSPS) is 24.9. The third-order valence-electron chi connectivity index (χ3n) is 3.56. The van der Waals surface area contributed by atoms with E-state index in [2.05, 4.69) is 13.0 Å². The van der Waals surface area contributed by atoms with E-state index in [0.29, 0.717) is 13.0 Å². The molecule has 0 atom stereocenters. The van der Waals surface area contributed by atoms with Gasteiger partial charge in [0.15, 0.2) is 0 Å². The summed E-state index contributed by atoms with van der Waals surface area (Å²) in [4.78, 5) is 11.4. The summed E-state index contributed by atoms with van der Waals surface area (Å²) in [5, 5.41) is 0. The zero-order chi connectivity index (χ0) is 13.1. The van der Waals surface area contributed by atoms with Gasteiger partial charge in [-0.15, -0.1) is 0 Å². The van der Waals surface area contributed by atoms with Crippen LogP contribution in [-0.2, 0) is 9.53 Å². The quantitative estimate of drug-likeness (QED) is 0.458. The molecule has 0 aromatic heterocycles. The molecule has 0 aromatic carbocycles. The van der Waals surface area contributed by atoms with Crippen LogP contribution in [0.5, 0.6) is 0 Å². The van der Waals surface area contributed by atoms with E-state index in [9.17, 15) is 4.79 Å². The molecule has 0 spiro atoms. The fourth-order valence-electron chi connectivity index (χ4n) is 2.35. The Hall–Kier alpha value is -0.790. The van der Waals surface area contributed by atoms with Gasteiger partial charge in [0.25, 0.3) is 0 Å². The van der Waals surface area contributed by atoms with Crippen molar-refractivity contribution in [1.82, 2.24) is 0 Å². The second-order valence-electron chi connectivity index (χ2n) is 5.39. The summed E-state index contributed by atoms with van der Waals surface area (Å²) in [7, 11) is 0. The lowest BCUT2D eigenvalue weighted by molar-refractivity contribution is -0.143. The van der Waals surface area contributed by atoms with Gasteiger partial charge >= 0.3 is 5.97 Å². The van der Waals surface area contributed by atoms with Gasteiger partial charge < -0.3 is 4.74 Å². The van der Waals surface area contributed by atoms with Crippen LogP contribution < -0.4 is 0 Å². The minimum absolute atomic E-state index is 0.0113. The molecule has 1 aliphatic heterocycles. The standard InChI is InChI=1S/C16H28O2/c1-15-11-7-5-3-2-4-6-8-13-16(17)18-14-10-9-12-15/h12H,2-11,13-14H2,1H3/b15-12-. The van der Waals surface area contributed by atoms with Crippen molar-refractivity contribution in [1.29, 1.82) is 0 Å². The molecule has 0 N–H and O–H groups in total. The van der Waals surface area contributed by atoms with Gasteiger partial charge in [-0.3, -0.25) is 4.79 Å². The van der Waals surface area contributed by atoms with E-state index in [1.165, 1.54) is 50.5 Å². The molecule has 0 unspecified atom stereocenters. The SMILES string of the molecule is C/C1=C/CCCOC(=O)CCCCCCCCC1. The van der Waals surface area contributed by atoms with Gasteiger partial charge in [-0.1, -0.05) is 43.8 Å². The smallest absolute Gasteiger partial charge is 0.305 e. The number of carbonyl (C=O) groups excluding carboxylic acids is 1. The van der Waals surface area contributed by atoms with Crippen molar-refractivity contribution >= 4 is 5.97 Å². The first-order valence-electron chi connectivity index (χ1n) is 7.60. The third kappa shape index (κ3) is 8.32. The summed E-state index contributed by atoms with van der Waals surface area (Å²) in [6, 6.07) is 0. The molecule has 0 aliphatic carbocycles. The van der Waals surface area contributed by atoms with Crippen molar-refractivity contribution in [3.8, 4) is 0 Å². The molecule has 0 aromatic rings. The summed E-state index contributed by atoms with van der Waals surface area (Å²) in [6.45, 7) is 2.80. The average molecular weight is 252 g/mol. The van der Waals surface area contributed by atoms with Crippen molar-refractivity contribution in [2.75, 3.05) is 6.61 Å². The first-order valence-corrected chi connectivity index (χ1v) is 7.60. The van der Waals surface area contributed by atoms with E-state index in [4.69, 9.17) is 4.74 Å². The molecule has 0 amide bonds. The summed E-state index contributed by atoms with van der Waals surface area (Å²) in [6.07, 6.45) is 14.9. The molecule has 18 heavy (non-hydrogen) atoms. The first kappa shape index (κ1) is 15.3. The van der Waals surface area contributed by atoms with Crippen LogP contribution in [0.15, 0.2) is 11.6 Å². The number of cyclic esters (lactones) is 1. The van der Waals surface area contributed by atoms with E-state index in [-0.39, 0.29) is 5.97 Å². The van der Waals surface area contributed by atoms with E-state index >= 15 is 0 Å². The largest absolute Gasteiger partial charge is 0.466 e. The predicted octanol–water partition coefficient (Wildman–Crippen LogP) is 4.78. The molecule has 0 radical (unpaired) electrons. The topological polar surface area (TPSA) is 26.3 Å². The number of allylic oxidation sites excluding steroid dienone is 2. The van der Waals surface area contributed by atoms with E-state index in [1.807, 2.05) is 0 Å². The Morgan fingerprint density at radius 3 is 2.22 bits per heavy atom. The number of carbonyl (C=O) groups is 1. The molecule has 0 fully saturated rings. The Kier molecular flexibility index (Phi) is 8.62. The van der Waals surface area contributed by atoms with Crippen LogP contribution >= 0.6 is 0 Å². The molecular weight excluding hydrogens is 224 g/mol. The van der Waals surface area contributed by atoms with Crippen LogP contribution in [0.4, 0.5) is 0 Å². The molecule has 0 saturated carbocycles. The van der Waals surface area contributed by atoms with Gasteiger partial charge in [-0.05, 0) is 39.0 Å². The number of ether oxygens (including phenoxy) is 1. The maximum absolute atomic E-state index is 11.4. The lowest BCUT2D eigenvalue weighted by atomic mass is 10.0. The zero-order valence-electron chi connectivity index (χ0n) is 11.9. The highest BCUT2D eigenvalue weighted by atomic mass is 16.5. The second-order valence-corrected chi connectivity index (χ2v) is 5.39. The van der Waals surface area contributed by atoms with Crippen LogP contribution in [0.1, 0.15) is 77.6 Å². The highest BCUT2D eigenvalue weighted by molar-refractivity contribution is 5.69. The highest BCUT2D eigenvalue weighted by Gasteiger charge is 2.02. The Bertz CT molecular complexity index is 256. The van der Waals surface area contributed by atoms with Crippen molar-refractivity contribution in [3.63, 3.8) is 0 Å². The highest BCUT2D eigenvalue weighted by Crippen LogP contribution is 2.14. The number of hydrogen-bond donors (Lipinski definition) is 0. The van der Waals surface area contributed by atoms with E-state index in [0.717, 1.165) is 19.3 Å². The maximum atomic E-state index is 11.4. The van der Waals surface area contributed by atoms with Gasteiger partial charge in [0.05, 0.1) is 6.61 Å². The van der Waals surface area contributed by atoms with Crippen molar-refractivity contribution < 1.29 is 9.53 Å². The van der Waals surface area contributed by atoms with Gasteiger partial charge in [0.1, 0.15) is 0 Å². The van der Waals surface area contributed by atoms with Crippen LogP contribution in [0, 0.1) is 0 Å². The molecule has 104 valence electrons. The molecule has 2 nitrogen and oxygen atoms in total. The summed E-state index contributed by atoms with van der Waals surface area (Å²) < 4.78 is 5.21. The molecular formula is C16H28O2. The van der Waals surface area contributed by atoms with Gasteiger partial charge in [-0.25, -0.2) is 0 Å². The lowest BCUT2D eigenvalue weighted by Crippen LogP contribution is -2.05. The summed E-state index contributed by atoms with van der Waals surface area (Å²) in [5.41, 5.74) is 1.49. The molecule has 2 heteroatoms. The number of hydrogen-bond acceptors (Lipinski definition) is 2. The minimum atomic E-state index is -0.0113. The van der Waals surface area contributed by atoms with Crippen molar-refractivity contribution in [2.24, 2.45) is 0 Å². The van der Waals surface area contributed by atoms with Crippen LogP contribution in [-0.4, -0.2) is 12.6 Å². The summed E-state index contributed by atoms with van der Waals surface area (Å²) >= 11 is 0. The van der Waals surface area contributed by atoms with Crippen LogP contribution in [0.2, 0.25) is 0 Å². The third-order valence-corrected chi connectivity index (χ3v) is 3.56. The van der Waals surface area contributed by atoms with E-state index in [1.54, 1.807) is 0 Å². The minimum Gasteiger partial charge on any atom is -0.466 e. The molecule has 1 heterocycles. The Morgan fingerprint density at radius 1 is 0.889 bits per heavy atom. The number of rotatable bonds is 0. The molecule has 0 bridgehead atoms. The predicted molar refractivity (Wildman–Crippen MR) is 75.5 cm³/mol. The average Bonchev–Trinajstić information content (AvgIpc) is 2.35. The Morgan fingerprint density at radius 2 is 1.50 bits per heavy atom. The van der Waals surface area contributed by atoms with Crippen molar-refractivity contribution in [3.05, 3.63) is 11.6 Å². The van der Waals surface area contributed by atoms with E-state index < -0.39 is 0 Å². The van der Waals surface area contributed by atoms with Gasteiger partial charge in [-0.2, -0.15) is 0 Å². The summed E-state index contributed by atoms with van der Waals surface area (Å²) in [5.74, 6) is -0.0113. The van der Waals surface area contributed by atoms with Crippen LogP contribution in [0.3, 0.4) is 0 Å². The molecule has 1 rings (SSSR count). The number of esters is 1. The molecule has 0 saturated heterocycles. The maximum Gasteiger partial charge on any atom is 0.305 e. The zero-order valence-corrected chi connectivity index (χ0v) is 11.9. The monoisotopic (exact) mass is 252 g/mol. The lowest BCUT2D eigenvalue weighted by Gasteiger charge is -2.06. The Balaban J connectivity index is 2.28. The van der Waals surface area contributed by atoms with Crippen molar-refractivity contribution in [2.45, 2.75) is 77.6 Å². The second kappa shape index (κ2) is 10.2. The fraction of sp³-hybridized carbons (Fsp3) is 0.812. The van der Waals surface area contributed by atoms with Gasteiger partial charge in [0, 0.05) is 6.42 Å². The molecule has 1 aliphatic rings. The fourth-order valence-corrected chi connectivity index (χ4v) is 2.35. The first-order chi connectivity index (χ1) is 8.79. The van der Waals surface area contributed by atoms with Gasteiger partial charge in [0.2, 0.25) is 0 Å². The Labute approximate surface area is 112 Å².